The van der Waals surface area contributed by atoms with Crippen molar-refractivity contribution in [2.45, 2.75) is 33.2 Å². The third-order valence-corrected chi connectivity index (χ3v) is 3.65. The number of amides is 1. The van der Waals surface area contributed by atoms with Crippen LogP contribution in [0.3, 0.4) is 0 Å². The first-order valence-corrected chi connectivity index (χ1v) is 7.38. The quantitative estimate of drug-likeness (QED) is 0.919. The summed E-state index contributed by atoms with van der Waals surface area (Å²) in [6, 6.07) is 7.64. The van der Waals surface area contributed by atoms with Gasteiger partial charge in [0.15, 0.2) is 0 Å². The Morgan fingerprint density at radius 2 is 1.95 bits per heavy atom. The minimum absolute atomic E-state index is 0.0705. The highest BCUT2D eigenvalue weighted by molar-refractivity contribution is 5.96. The van der Waals surface area contributed by atoms with Crippen LogP contribution in [0.25, 0.3) is 0 Å². The number of methoxy groups -OCH3 is 1. The standard InChI is InChI=1S/C18H22N2O2/c1-12(2)15-10-16(13(3)9-17(15)22-4)18(21)20-11-14-5-7-19-8-6-14/h5-10,12H,11H2,1-4H3,(H,20,21). The van der Waals surface area contributed by atoms with Crippen molar-refractivity contribution in [2.75, 3.05) is 7.11 Å². The van der Waals surface area contributed by atoms with Gasteiger partial charge >= 0.3 is 0 Å². The molecule has 0 fully saturated rings. The number of ether oxygens (including phenoxy) is 1. The lowest BCUT2D eigenvalue weighted by molar-refractivity contribution is 0.0950. The fraction of sp³-hybridized carbons (Fsp3) is 0.333. The van der Waals surface area contributed by atoms with E-state index < -0.39 is 0 Å². The maximum absolute atomic E-state index is 12.4. The van der Waals surface area contributed by atoms with Crippen molar-refractivity contribution in [2.24, 2.45) is 0 Å². The van der Waals surface area contributed by atoms with Crippen LogP contribution < -0.4 is 10.1 Å². The molecule has 0 aliphatic rings. The Bertz CT molecular complexity index is 652. The van der Waals surface area contributed by atoms with Gasteiger partial charge in [0.1, 0.15) is 5.75 Å². The summed E-state index contributed by atoms with van der Waals surface area (Å²) in [6.45, 7) is 6.59. The van der Waals surface area contributed by atoms with Gasteiger partial charge in [-0.15, -0.1) is 0 Å². The van der Waals surface area contributed by atoms with Crippen LogP contribution in [0.5, 0.6) is 5.75 Å². The van der Waals surface area contributed by atoms with Crippen molar-refractivity contribution >= 4 is 5.91 Å². The van der Waals surface area contributed by atoms with Gasteiger partial charge < -0.3 is 10.1 Å². The predicted molar refractivity (Wildman–Crippen MR) is 87.2 cm³/mol. The number of aromatic nitrogens is 1. The molecule has 1 amide bonds. The molecule has 1 heterocycles. The molecule has 4 nitrogen and oxygen atoms in total. The molecule has 0 saturated carbocycles. The van der Waals surface area contributed by atoms with Crippen molar-refractivity contribution in [3.05, 3.63) is 58.9 Å². The van der Waals surface area contributed by atoms with Crippen LogP contribution >= 0.6 is 0 Å². The molecule has 0 aliphatic heterocycles. The van der Waals surface area contributed by atoms with Crippen molar-refractivity contribution < 1.29 is 9.53 Å². The van der Waals surface area contributed by atoms with Crippen LogP contribution in [0.15, 0.2) is 36.7 Å². The van der Waals surface area contributed by atoms with Crippen LogP contribution in [0.4, 0.5) is 0 Å². The first-order chi connectivity index (χ1) is 10.5. The molecule has 0 bridgehead atoms. The molecule has 0 atom stereocenters. The van der Waals surface area contributed by atoms with Crippen molar-refractivity contribution in [1.29, 1.82) is 0 Å². The van der Waals surface area contributed by atoms with E-state index in [2.05, 4.69) is 24.1 Å². The Kier molecular flexibility index (Phi) is 5.15. The van der Waals surface area contributed by atoms with E-state index in [0.717, 1.165) is 22.4 Å². The lowest BCUT2D eigenvalue weighted by Crippen LogP contribution is -2.24. The summed E-state index contributed by atoms with van der Waals surface area (Å²) in [4.78, 5) is 16.4. The molecule has 116 valence electrons. The second-order valence-electron chi connectivity index (χ2n) is 5.60. The predicted octanol–water partition coefficient (Wildman–Crippen LogP) is 3.45. The molecule has 2 aromatic rings. The van der Waals surface area contributed by atoms with Gasteiger partial charge in [-0.1, -0.05) is 13.8 Å². The number of hydrogen-bond acceptors (Lipinski definition) is 3. The summed E-state index contributed by atoms with van der Waals surface area (Å²) in [5, 5.41) is 2.95. The van der Waals surface area contributed by atoms with E-state index in [4.69, 9.17) is 4.74 Å². The van der Waals surface area contributed by atoms with Crippen molar-refractivity contribution in [3.63, 3.8) is 0 Å². The van der Waals surface area contributed by atoms with Gasteiger partial charge in [0.2, 0.25) is 0 Å². The fourth-order valence-corrected chi connectivity index (χ4v) is 2.35. The SMILES string of the molecule is COc1cc(C)c(C(=O)NCc2ccncc2)cc1C(C)C. The zero-order valence-corrected chi connectivity index (χ0v) is 13.5. The molecule has 4 heteroatoms. The lowest BCUT2D eigenvalue weighted by Gasteiger charge is -2.16. The number of nitrogens with one attached hydrogen (secondary N) is 1. The molecule has 0 spiro atoms. The number of pyridine rings is 1. The van der Waals surface area contributed by atoms with E-state index >= 15 is 0 Å². The number of benzene rings is 1. The molecule has 2 rings (SSSR count). The maximum atomic E-state index is 12.4. The lowest BCUT2D eigenvalue weighted by atomic mass is 9.96. The van der Waals surface area contributed by atoms with E-state index in [1.165, 1.54) is 0 Å². The summed E-state index contributed by atoms with van der Waals surface area (Å²) >= 11 is 0. The summed E-state index contributed by atoms with van der Waals surface area (Å²) < 4.78 is 5.41. The van der Waals surface area contributed by atoms with Crippen LogP contribution in [-0.4, -0.2) is 18.0 Å². The fourth-order valence-electron chi connectivity index (χ4n) is 2.35. The summed E-state index contributed by atoms with van der Waals surface area (Å²) in [6.07, 6.45) is 3.44. The van der Waals surface area contributed by atoms with Crippen molar-refractivity contribution in [1.82, 2.24) is 10.3 Å². The Labute approximate surface area is 131 Å². The highest BCUT2D eigenvalue weighted by atomic mass is 16.5. The summed E-state index contributed by atoms with van der Waals surface area (Å²) in [5.41, 5.74) is 3.67. The smallest absolute Gasteiger partial charge is 0.251 e. The Morgan fingerprint density at radius 3 is 2.55 bits per heavy atom. The van der Waals surface area contributed by atoms with Crippen LogP contribution in [0.2, 0.25) is 0 Å². The summed E-state index contributed by atoms with van der Waals surface area (Å²) in [5.74, 6) is 1.05. The summed E-state index contributed by atoms with van der Waals surface area (Å²) in [7, 11) is 1.66. The number of carbonyl (C=O) groups is 1. The molecule has 0 aliphatic carbocycles. The van der Waals surface area contributed by atoms with Crippen LogP contribution in [0, 0.1) is 6.92 Å². The second-order valence-corrected chi connectivity index (χ2v) is 5.60. The van der Waals surface area contributed by atoms with Crippen LogP contribution in [-0.2, 0) is 6.54 Å². The average Bonchev–Trinajstić information content (AvgIpc) is 2.52. The number of nitrogens with zero attached hydrogens (tertiary/aromatic N) is 1. The zero-order valence-electron chi connectivity index (χ0n) is 13.5. The van der Waals surface area contributed by atoms with Gasteiger partial charge in [-0.05, 0) is 53.8 Å². The number of rotatable bonds is 5. The highest BCUT2D eigenvalue weighted by Gasteiger charge is 2.15. The maximum Gasteiger partial charge on any atom is 0.251 e. The molecule has 1 N–H and O–H groups in total. The number of aryl methyl sites for hydroxylation is 1. The molecular formula is C18H22N2O2. The molecule has 1 aromatic carbocycles. The zero-order chi connectivity index (χ0) is 16.1. The van der Waals surface area contributed by atoms with Crippen LogP contribution in [0.1, 0.15) is 46.8 Å². The Morgan fingerprint density at radius 1 is 1.27 bits per heavy atom. The third kappa shape index (κ3) is 3.64. The Balaban J connectivity index is 2.20. The molecule has 0 radical (unpaired) electrons. The van der Waals surface area contributed by atoms with Gasteiger partial charge in [0.25, 0.3) is 5.91 Å². The topological polar surface area (TPSA) is 51.2 Å². The van der Waals surface area contributed by atoms with Gasteiger partial charge in [0, 0.05) is 24.5 Å². The van der Waals surface area contributed by atoms with E-state index in [1.54, 1.807) is 19.5 Å². The average molecular weight is 298 g/mol. The first-order valence-electron chi connectivity index (χ1n) is 7.38. The van der Waals surface area contributed by atoms with E-state index in [-0.39, 0.29) is 5.91 Å². The first kappa shape index (κ1) is 16.0. The van der Waals surface area contributed by atoms with E-state index in [9.17, 15) is 4.79 Å². The second kappa shape index (κ2) is 7.07. The van der Waals surface area contributed by atoms with Crippen molar-refractivity contribution in [3.8, 4) is 5.75 Å². The Hall–Kier alpha value is -2.36. The van der Waals surface area contributed by atoms with Gasteiger partial charge in [0.05, 0.1) is 7.11 Å². The highest BCUT2D eigenvalue weighted by Crippen LogP contribution is 2.29. The van der Waals surface area contributed by atoms with Gasteiger partial charge in [-0.2, -0.15) is 0 Å². The van der Waals surface area contributed by atoms with Gasteiger partial charge in [-0.25, -0.2) is 0 Å². The number of carbonyl (C=O) groups excluding carboxylic acids is 1. The normalized spacial score (nSPS) is 10.6. The minimum atomic E-state index is -0.0705. The molecule has 22 heavy (non-hydrogen) atoms. The minimum Gasteiger partial charge on any atom is -0.496 e. The molecule has 0 unspecified atom stereocenters. The van der Waals surface area contributed by atoms with E-state index in [0.29, 0.717) is 18.0 Å². The third-order valence-electron chi connectivity index (χ3n) is 3.65. The van der Waals surface area contributed by atoms with Gasteiger partial charge in [-0.3, -0.25) is 9.78 Å². The largest absolute Gasteiger partial charge is 0.496 e. The number of hydrogen-bond donors (Lipinski definition) is 1. The molecule has 1 aromatic heterocycles. The molecule has 0 saturated heterocycles. The molecular weight excluding hydrogens is 276 g/mol. The van der Waals surface area contributed by atoms with E-state index in [1.807, 2.05) is 31.2 Å². The monoisotopic (exact) mass is 298 g/mol.